The Morgan fingerprint density at radius 3 is 2.16 bits per heavy atom. The van der Waals surface area contributed by atoms with Crippen LogP contribution in [0.15, 0.2) is 83.3 Å². The second kappa shape index (κ2) is 9.38. The molecule has 2 bridgehead atoms. The predicted molar refractivity (Wildman–Crippen MR) is 140 cm³/mol. The SMILES string of the molecule is O=C(COC(=O)c1ccc(N2C(=O)C3C4CC(c5ccccc5)C(C4)C3C2=O)cc1)c1ccc(Br)cc1. The Bertz CT molecular complexity index is 1390. The van der Waals surface area contributed by atoms with E-state index >= 15 is 0 Å². The molecular formula is C30H24BrNO5. The molecule has 0 N–H and O–H groups in total. The van der Waals surface area contributed by atoms with Crippen LogP contribution in [-0.2, 0) is 14.3 Å². The molecule has 3 aliphatic rings. The number of nitrogens with zero attached hydrogens (tertiary/aromatic N) is 1. The molecule has 5 atom stereocenters. The Kier molecular flexibility index (Phi) is 6.03. The maximum absolute atomic E-state index is 13.5. The number of ether oxygens (including phenoxy) is 1. The van der Waals surface area contributed by atoms with Gasteiger partial charge in [-0.15, -0.1) is 0 Å². The quantitative estimate of drug-likeness (QED) is 0.230. The highest BCUT2D eigenvalue weighted by Gasteiger charge is 2.64. The van der Waals surface area contributed by atoms with Gasteiger partial charge in [0.1, 0.15) is 0 Å². The first-order valence-corrected chi connectivity index (χ1v) is 13.2. The second-order valence-corrected chi connectivity index (χ2v) is 10.9. The van der Waals surface area contributed by atoms with Crippen LogP contribution in [0.3, 0.4) is 0 Å². The van der Waals surface area contributed by atoms with Crippen molar-refractivity contribution in [3.63, 3.8) is 0 Å². The zero-order valence-electron chi connectivity index (χ0n) is 19.9. The van der Waals surface area contributed by atoms with Crippen molar-refractivity contribution in [2.75, 3.05) is 11.5 Å². The van der Waals surface area contributed by atoms with Gasteiger partial charge in [-0.1, -0.05) is 58.4 Å². The number of amides is 2. The summed E-state index contributed by atoms with van der Waals surface area (Å²) in [5, 5.41) is 0. The van der Waals surface area contributed by atoms with Gasteiger partial charge in [0.2, 0.25) is 11.8 Å². The zero-order valence-corrected chi connectivity index (χ0v) is 21.5. The number of rotatable bonds is 6. The summed E-state index contributed by atoms with van der Waals surface area (Å²) in [6.45, 7) is -0.375. The van der Waals surface area contributed by atoms with Crippen molar-refractivity contribution in [2.45, 2.75) is 18.8 Å². The highest BCUT2D eigenvalue weighted by atomic mass is 79.9. The van der Waals surface area contributed by atoms with Crippen molar-refractivity contribution in [3.05, 3.63) is 100 Å². The van der Waals surface area contributed by atoms with E-state index in [4.69, 9.17) is 4.74 Å². The molecule has 3 fully saturated rings. The molecule has 6 nitrogen and oxygen atoms in total. The molecule has 6 rings (SSSR count). The minimum Gasteiger partial charge on any atom is -0.454 e. The number of carbonyl (C=O) groups is 4. The van der Waals surface area contributed by atoms with Crippen LogP contribution in [0.5, 0.6) is 0 Å². The molecule has 0 aromatic heterocycles. The van der Waals surface area contributed by atoms with Gasteiger partial charge in [-0.25, -0.2) is 4.79 Å². The van der Waals surface area contributed by atoms with Crippen LogP contribution in [0.25, 0.3) is 0 Å². The number of halogens is 1. The molecule has 186 valence electrons. The average molecular weight is 558 g/mol. The van der Waals surface area contributed by atoms with Crippen LogP contribution in [0.2, 0.25) is 0 Å². The van der Waals surface area contributed by atoms with Gasteiger partial charge in [0.15, 0.2) is 12.4 Å². The Morgan fingerprint density at radius 2 is 1.46 bits per heavy atom. The fourth-order valence-electron chi connectivity index (χ4n) is 6.48. The van der Waals surface area contributed by atoms with Crippen LogP contribution in [0, 0.1) is 23.7 Å². The minimum absolute atomic E-state index is 0.135. The molecule has 2 amide bonds. The molecule has 7 heteroatoms. The van der Waals surface area contributed by atoms with Crippen molar-refractivity contribution in [3.8, 4) is 0 Å². The molecule has 1 heterocycles. The van der Waals surface area contributed by atoms with E-state index < -0.39 is 5.97 Å². The monoisotopic (exact) mass is 557 g/mol. The summed E-state index contributed by atoms with van der Waals surface area (Å²) >= 11 is 3.32. The largest absolute Gasteiger partial charge is 0.454 e. The number of esters is 1. The van der Waals surface area contributed by atoms with Crippen LogP contribution >= 0.6 is 15.9 Å². The topological polar surface area (TPSA) is 80.8 Å². The van der Waals surface area contributed by atoms with Crippen molar-refractivity contribution < 1.29 is 23.9 Å². The molecular weight excluding hydrogens is 534 g/mol. The summed E-state index contributed by atoms with van der Waals surface area (Å²) in [5.74, 6) is -1.06. The highest BCUT2D eigenvalue weighted by Crippen LogP contribution is 2.61. The smallest absolute Gasteiger partial charge is 0.338 e. The van der Waals surface area contributed by atoms with E-state index in [1.165, 1.54) is 22.6 Å². The molecule has 0 radical (unpaired) electrons. The number of ketones is 1. The summed E-state index contributed by atoms with van der Waals surface area (Å²) in [6, 6.07) is 23.3. The number of hydrogen-bond donors (Lipinski definition) is 0. The lowest BCUT2D eigenvalue weighted by atomic mass is 9.73. The number of anilines is 1. The Labute approximate surface area is 222 Å². The number of Topliss-reactive ketones (excluding diaryl/α,β-unsaturated/α-hetero) is 1. The number of carbonyl (C=O) groups excluding carboxylic acids is 4. The minimum atomic E-state index is -0.642. The molecule has 3 aromatic rings. The van der Waals surface area contributed by atoms with Crippen LogP contribution in [0.4, 0.5) is 5.69 Å². The van der Waals surface area contributed by atoms with Crippen LogP contribution in [0.1, 0.15) is 45.0 Å². The molecule has 1 saturated heterocycles. The maximum Gasteiger partial charge on any atom is 0.338 e. The lowest BCUT2D eigenvalue weighted by Crippen LogP contribution is -2.33. The third-order valence-corrected chi connectivity index (χ3v) is 8.63. The summed E-state index contributed by atoms with van der Waals surface area (Å²) in [6.07, 6.45) is 1.86. The van der Waals surface area contributed by atoms with E-state index in [0.717, 1.165) is 17.3 Å². The fourth-order valence-corrected chi connectivity index (χ4v) is 6.74. The number of hydrogen-bond acceptors (Lipinski definition) is 5. The summed E-state index contributed by atoms with van der Waals surface area (Å²) in [5.41, 5.74) is 2.40. The normalized spacial score (nSPS) is 25.9. The van der Waals surface area contributed by atoms with Crippen molar-refractivity contribution in [1.82, 2.24) is 0 Å². The van der Waals surface area contributed by atoms with E-state index in [-0.39, 0.29) is 53.4 Å². The first-order valence-electron chi connectivity index (χ1n) is 12.4. The Hall–Kier alpha value is -3.58. The molecule has 2 aliphatic carbocycles. The molecule has 37 heavy (non-hydrogen) atoms. The molecule has 2 saturated carbocycles. The predicted octanol–water partition coefficient (Wildman–Crippen LogP) is 5.42. The van der Waals surface area contributed by atoms with E-state index in [0.29, 0.717) is 17.2 Å². The van der Waals surface area contributed by atoms with Crippen molar-refractivity contribution in [1.29, 1.82) is 0 Å². The van der Waals surface area contributed by atoms with Gasteiger partial charge in [0, 0.05) is 10.0 Å². The molecule has 1 aliphatic heterocycles. The van der Waals surface area contributed by atoms with Crippen molar-refractivity contribution >= 4 is 45.2 Å². The van der Waals surface area contributed by atoms with E-state index in [1.807, 2.05) is 18.2 Å². The summed E-state index contributed by atoms with van der Waals surface area (Å²) in [7, 11) is 0. The summed E-state index contributed by atoms with van der Waals surface area (Å²) in [4.78, 5) is 52.9. The molecule has 0 spiro atoms. The number of fused-ring (bicyclic) bond motifs is 5. The van der Waals surface area contributed by atoms with Gasteiger partial charge in [-0.3, -0.25) is 19.3 Å². The molecule has 5 unspecified atom stereocenters. The maximum atomic E-state index is 13.5. The fraction of sp³-hybridized carbons (Fsp3) is 0.267. The van der Waals surface area contributed by atoms with E-state index in [9.17, 15) is 19.2 Å². The van der Waals surface area contributed by atoms with Crippen molar-refractivity contribution in [2.24, 2.45) is 23.7 Å². The number of imide groups is 1. The van der Waals surface area contributed by atoms with Crippen LogP contribution < -0.4 is 4.90 Å². The average Bonchev–Trinajstić information content (AvgIpc) is 3.59. The van der Waals surface area contributed by atoms with Gasteiger partial charge in [-0.05, 0) is 72.6 Å². The highest BCUT2D eigenvalue weighted by molar-refractivity contribution is 9.10. The lowest BCUT2D eigenvalue weighted by Gasteiger charge is -2.28. The van der Waals surface area contributed by atoms with Gasteiger partial charge in [0.05, 0.1) is 23.1 Å². The third-order valence-electron chi connectivity index (χ3n) is 8.11. The Morgan fingerprint density at radius 1 is 0.811 bits per heavy atom. The van der Waals surface area contributed by atoms with Crippen LogP contribution in [-0.4, -0.2) is 30.2 Å². The van der Waals surface area contributed by atoms with Gasteiger partial charge in [-0.2, -0.15) is 0 Å². The van der Waals surface area contributed by atoms with Gasteiger partial charge in [0.25, 0.3) is 0 Å². The van der Waals surface area contributed by atoms with E-state index in [2.05, 4.69) is 28.1 Å². The first-order chi connectivity index (χ1) is 17.9. The number of benzene rings is 3. The van der Waals surface area contributed by atoms with Gasteiger partial charge >= 0.3 is 5.97 Å². The third kappa shape index (κ3) is 4.11. The zero-order chi connectivity index (χ0) is 25.7. The Balaban J connectivity index is 1.13. The standard InChI is InChI=1S/C30H24BrNO5/c31-21-10-6-18(7-11-21)25(33)16-37-30(36)19-8-12-22(13-9-19)32-28(34)26-20-14-23(17-4-2-1-3-5-17)24(15-20)27(26)29(32)35/h1-13,20,23-24,26-27H,14-16H2. The molecule has 3 aromatic carbocycles. The second-order valence-electron chi connectivity index (χ2n) is 10.0. The summed E-state index contributed by atoms with van der Waals surface area (Å²) < 4.78 is 6.04. The first kappa shape index (κ1) is 23.8. The van der Waals surface area contributed by atoms with Gasteiger partial charge < -0.3 is 4.74 Å². The van der Waals surface area contributed by atoms with E-state index in [1.54, 1.807) is 36.4 Å². The lowest BCUT2D eigenvalue weighted by molar-refractivity contribution is -0.123.